The van der Waals surface area contributed by atoms with E-state index in [2.05, 4.69) is 32.2 Å². The van der Waals surface area contributed by atoms with Gasteiger partial charge in [-0.3, -0.25) is 0 Å². The molecule has 0 atom stereocenters. The largest absolute Gasteiger partial charge is 0.367 e. The van der Waals surface area contributed by atoms with Crippen LogP contribution in [-0.4, -0.2) is 16.0 Å². The molecule has 3 nitrogen and oxygen atoms in total. The topological polar surface area (TPSA) is 37.8 Å². The summed E-state index contributed by atoms with van der Waals surface area (Å²) in [6.07, 6.45) is 0. The molecule has 1 aromatic carbocycles. The standard InChI is InChI=1S/C16H17N3S/c1-10(2)17-15-13-9-11(3)20-16(13)19-14(18-15)12-7-5-4-6-8-12/h4-10H,1-3H3,(H,17,18,19). The van der Waals surface area contributed by atoms with Gasteiger partial charge in [0.25, 0.3) is 0 Å². The predicted octanol–water partition coefficient (Wildman–Crippen LogP) is 4.49. The zero-order valence-electron chi connectivity index (χ0n) is 11.8. The lowest BCUT2D eigenvalue weighted by Crippen LogP contribution is -2.11. The fourth-order valence-electron chi connectivity index (χ4n) is 2.14. The van der Waals surface area contributed by atoms with Gasteiger partial charge in [-0.2, -0.15) is 0 Å². The minimum Gasteiger partial charge on any atom is -0.367 e. The SMILES string of the molecule is Cc1cc2c(NC(C)C)nc(-c3ccccc3)nc2s1. The molecule has 0 aliphatic carbocycles. The molecule has 2 aromatic heterocycles. The van der Waals surface area contributed by atoms with Crippen LogP contribution in [0.2, 0.25) is 0 Å². The van der Waals surface area contributed by atoms with Crippen LogP contribution in [0.15, 0.2) is 36.4 Å². The summed E-state index contributed by atoms with van der Waals surface area (Å²) in [5.41, 5.74) is 1.05. The number of anilines is 1. The first kappa shape index (κ1) is 13.1. The normalized spacial score (nSPS) is 11.2. The van der Waals surface area contributed by atoms with Gasteiger partial charge in [0.2, 0.25) is 0 Å². The first-order chi connectivity index (χ1) is 9.63. The first-order valence-corrected chi connectivity index (χ1v) is 7.55. The summed E-state index contributed by atoms with van der Waals surface area (Å²) >= 11 is 1.71. The monoisotopic (exact) mass is 283 g/mol. The van der Waals surface area contributed by atoms with Crippen molar-refractivity contribution >= 4 is 27.4 Å². The van der Waals surface area contributed by atoms with Gasteiger partial charge in [0.05, 0.1) is 5.39 Å². The number of nitrogens with one attached hydrogen (secondary N) is 1. The summed E-state index contributed by atoms with van der Waals surface area (Å²) in [4.78, 5) is 11.7. The molecule has 0 radical (unpaired) electrons. The maximum Gasteiger partial charge on any atom is 0.163 e. The Morgan fingerprint density at radius 2 is 1.85 bits per heavy atom. The molecule has 0 saturated carbocycles. The van der Waals surface area contributed by atoms with Crippen molar-refractivity contribution in [2.24, 2.45) is 0 Å². The number of thiophene rings is 1. The quantitative estimate of drug-likeness (QED) is 0.769. The van der Waals surface area contributed by atoms with E-state index in [1.54, 1.807) is 11.3 Å². The molecule has 3 rings (SSSR count). The summed E-state index contributed by atoms with van der Waals surface area (Å²) in [6.45, 7) is 6.35. The van der Waals surface area contributed by atoms with Gasteiger partial charge in [-0.25, -0.2) is 9.97 Å². The fraction of sp³-hybridized carbons (Fsp3) is 0.250. The van der Waals surface area contributed by atoms with Gasteiger partial charge in [0, 0.05) is 16.5 Å². The van der Waals surface area contributed by atoms with E-state index in [1.165, 1.54) is 4.88 Å². The minimum absolute atomic E-state index is 0.344. The Labute approximate surface area is 122 Å². The molecule has 2 heterocycles. The lowest BCUT2D eigenvalue weighted by Gasteiger charge is -2.11. The Hall–Kier alpha value is -1.94. The Morgan fingerprint density at radius 3 is 2.55 bits per heavy atom. The van der Waals surface area contributed by atoms with Gasteiger partial charge in [-0.15, -0.1) is 11.3 Å². The lowest BCUT2D eigenvalue weighted by atomic mass is 10.2. The zero-order chi connectivity index (χ0) is 14.1. The van der Waals surface area contributed by atoms with Crippen LogP contribution in [0.4, 0.5) is 5.82 Å². The number of nitrogens with zero attached hydrogens (tertiary/aromatic N) is 2. The van der Waals surface area contributed by atoms with Crippen molar-refractivity contribution in [1.29, 1.82) is 0 Å². The molecule has 0 bridgehead atoms. The van der Waals surface area contributed by atoms with Crippen molar-refractivity contribution < 1.29 is 0 Å². The molecule has 0 aliphatic rings. The van der Waals surface area contributed by atoms with E-state index in [4.69, 9.17) is 9.97 Å². The van der Waals surface area contributed by atoms with Crippen LogP contribution in [0.25, 0.3) is 21.6 Å². The zero-order valence-corrected chi connectivity index (χ0v) is 12.7. The van der Waals surface area contributed by atoms with Gasteiger partial charge in [0.15, 0.2) is 5.82 Å². The van der Waals surface area contributed by atoms with Gasteiger partial charge in [-0.1, -0.05) is 30.3 Å². The van der Waals surface area contributed by atoms with E-state index in [0.717, 1.165) is 27.4 Å². The molecular weight excluding hydrogens is 266 g/mol. The van der Waals surface area contributed by atoms with Gasteiger partial charge < -0.3 is 5.32 Å². The molecule has 0 unspecified atom stereocenters. The third kappa shape index (κ3) is 2.51. The van der Waals surface area contributed by atoms with E-state index in [0.29, 0.717) is 6.04 Å². The first-order valence-electron chi connectivity index (χ1n) is 6.73. The van der Waals surface area contributed by atoms with Gasteiger partial charge in [0.1, 0.15) is 10.6 Å². The Bertz CT molecular complexity index is 732. The van der Waals surface area contributed by atoms with Crippen molar-refractivity contribution in [3.05, 3.63) is 41.3 Å². The number of aromatic nitrogens is 2. The third-order valence-electron chi connectivity index (χ3n) is 2.97. The third-order valence-corrected chi connectivity index (χ3v) is 3.92. The Morgan fingerprint density at radius 1 is 1.10 bits per heavy atom. The second kappa shape index (κ2) is 5.21. The molecule has 102 valence electrons. The molecule has 4 heteroatoms. The second-order valence-electron chi connectivity index (χ2n) is 5.14. The molecule has 0 saturated heterocycles. The van der Waals surface area contributed by atoms with Crippen molar-refractivity contribution in [2.45, 2.75) is 26.8 Å². The predicted molar refractivity (Wildman–Crippen MR) is 86.3 cm³/mol. The molecular formula is C16H17N3S. The van der Waals surface area contributed by atoms with E-state index >= 15 is 0 Å². The second-order valence-corrected chi connectivity index (χ2v) is 6.37. The van der Waals surface area contributed by atoms with E-state index in [1.807, 2.05) is 30.3 Å². The molecule has 0 aliphatic heterocycles. The highest BCUT2D eigenvalue weighted by atomic mass is 32.1. The van der Waals surface area contributed by atoms with Crippen molar-refractivity contribution in [2.75, 3.05) is 5.32 Å². The number of hydrogen-bond acceptors (Lipinski definition) is 4. The summed E-state index contributed by atoms with van der Waals surface area (Å²) in [7, 11) is 0. The summed E-state index contributed by atoms with van der Waals surface area (Å²) in [6, 6.07) is 12.6. The van der Waals surface area contributed by atoms with Crippen molar-refractivity contribution in [3.63, 3.8) is 0 Å². The van der Waals surface area contributed by atoms with Gasteiger partial charge >= 0.3 is 0 Å². The van der Waals surface area contributed by atoms with Crippen molar-refractivity contribution in [3.8, 4) is 11.4 Å². The Kier molecular flexibility index (Phi) is 3.40. The summed E-state index contributed by atoms with van der Waals surface area (Å²) in [5.74, 6) is 1.70. The average Bonchev–Trinajstić information content (AvgIpc) is 2.80. The average molecular weight is 283 g/mol. The lowest BCUT2D eigenvalue weighted by molar-refractivity contribution is 0.891. The molecule has 0 spiro atoms. The van der Waals surface area contributed by atoms with Crippen LogP contribution < -0.4 is 5.32 Å². The fourth-order valence-corrected chi connectivity index (χ4v) is 3.02. The maximum atomic E-state index is 4.71. The van der Waals surface area contributed by atoms with E-state index < -0.39 is 0 Å². The molecule has 20 heavy (non-hydrogen) atoms. The number of aryl methyl sites for hydroxylation is 1. The van der Waals surface area contributed by atoms with E-state index in [9.17, 15) is 0 Å². The highest BCUT2D eigenvalue weighted by molar-refractivity contribution is 7.18. The van der Waals surface area contributed by atoms with Crippen LogP contribution >= 0.6 is 11.3 Å². The highest BCUT2D eigenvalue weighted by Gasteiger charge is 2.12. The number of rotatable bonds is 3. The summed E-state index contributed by atoms with van der Waals surface area (Å²) < 4.78 is 0. The smallest absolute Gasteiger partial charge is 0.163 e. The Balaban J connectivity index is 2.19. The number of hydrogen-bond donors (Lipinski definition) is 1. The number of benzene rings is 1. The number of fused-ring (bicyclic) bond motifs is 1. The van der Waals surface area contributed by atoms with Crippen LogP contribution in [0.1, 0.15) is 18.7 Å². The molecule has 0 fully saturated rings. The van der Waals surface area contributed by atoms with Crippen LogP contribution in [-0.2, 0) is 0 Å². The highest BCUT2D eigenvalue weighted by Crippen LogP contribution is 2.31. The van der Waals surface area contributed by atoms with Crippen molar-refractivity contribution in [1.82, 2.24) is 9.97 Å². The van der Waals surface area contributed by atoms with Crippen LogP contribution in [0, 0.1) is 6.92 Å². The summed E-state index contributed by atoms with van der Waals surface area (Å²) in [5, 5.41) is 4.54. The van der Waals surface area contributed by atoms with E-state index in [-0.39, 0.29) is 0 Å². The van der Waals surface area contributed by atoms with Crippen LogP contribution in [0.3, 0.4) is 0 Å². The molecule has 1 N–H and O–H groups in total. The molecule has 0 amide bonds. The van der Waals surface area contributed by atoms with Crippen LogP contribution in [0.5, 0.6) is 0 Å². The maximum absolute atomic E-state index is 4.71. The minimum atomic E-state index is 0.344. The van der Waals surface area contributed by atoms with Gasteiger partial charge in [-0.05, 0) is 26.8 Å². The molecule has 3 aromatic rings.